The highest BCUT2D eigenvalue weighted by molar-refractivity contribution is 5.92. The fraction of sp³-hybridized carbons (Fsp3) is 0.524. The molecule has 2 aromatic rings. The van der Waals surface area contributed by atoms with Crippen LogP contribution in [0.3, 0.4) is 0 Å². The third kappa shape index (κ3) is 5.63. The number of anilines is 1. The van der Waals surface area contributed by atoms with Crippen molar-refractivity contribution >= 4 is 17.5 Å². The Morgan fingerprint density at radius 3 is 2.66 bits per heavy atom. The van der Waals surface area contributed by atoms with E-state index in [1.54, 1.807) is 13.8 Å². The molecular weight excluding hydrogens is 370 g/mol. The van der Waals surface area contributed by atoms with Crippen molar-refractivity contribution < 1.29 is 14.1 Å². The molecular formula is C21H29N5O3. The van der Waals surface area contributed by atoms with Gasteiger partial charge in [0.1, 0.15) is 0 Å². The summed E-state index contributed by atoms with van der Waals surface area (Å²) >= 11 is 0. The Bertz CT molecular complexity index is 850. The molecule has 1 aromatic heterocycles. The van der Waals surface area contributed by atoms with Gasteiger partial charge >= 0.3 is 0 Å². The molecule has 0 unspecified atom stereocenters. The van der Waals surface area contributed by atoms with Crippen molar-refractivity contribution in [2.75, 3.05) is 38.1 Å². The second kappa shape index (κ2) is 9.65. The summed E-state index contributed by atoms with van der Waals surface area (Å²) in [6, 6.07) is 7.84. The number of carbonyl (C=O) groups is 2. The number of carbonyl (C=O) groups excluding carboxylic acids is 2. The maximum Gasteiger partial charge on any atom is 0.227 e. The first-order chi connectivity index (χ1) is 13.9. The van der Waals surface area contributed by atoms with Gasteiger partial charge in [0.2, 0.25) is 17.7 Å². The van der Waals surface area contributed by atoms with Crippen molar-refractivity contribution in [3.8, 4) is 0 Å². The number of hydrogen-bond acceptors (Lipinski definition) is 6. The lowest BCUT2D eigenvalue weighted by molar-refractivity contribution is -0.132. The molecule has 8 heteroatoms. The van der Waals surface area contributed by atoms with Crippen LogP contribution in [0.15, 0.2) is 28.8 Å². The molecule has 2 amide bonds. The summed E-state index contributed by atoms with van der Waals surface area (Å²) in [7, 11) is 2.05. The highest BCUT2D eigenvalue weighted by atomic mass is 16.5. The van der Waals surface area contributed by atoms with Crippen molar-refractivity contribution in [1.82, 2.24) is 19.9 Å². The molecule has 29 heavy (non-hydrogen) atoms. The fourth-order valence-corrected chi connectivity index (χ4v) is 3.57. The van der Waals surface area contributed by atoms with E-state index in [1.807, 2.05) is 41.1 Å². The SMILES string of the molecule is CC(=O)N1CCCN(C)CCN(C(=O)CCc2nc(C)no2)Cc2ccccc21. The van der Waals surface area contributed by atoms with Crippen LogP contribution in [0.2, 0.25) is 0 Å². The molecule has 156 valence electrons. The van der Waals surface area contributed by atoms with Crippen LogP contribution in [-0.2, 0) is 22.6 Å². The summed E-state index contributed by atoms with van der Waals surface area (Å²) in [6.07, 6.45) is 1.62. The quantitative estimate of drug-likeness (QED) is 0.785. The number of amides is 2. The Hall–Kier alpha value is -2.74. The number of para-hydroxylation sites is 1. The molecule has 0 fully saturated rings. The largest absolute Gasteiger partial charge is 0.339 e. The monoisotopic (exact) mass is 399 g/mol. The molecule has 2 heterocycles. The van der Waals surface area contributed by atoms with Gasteiger partial charge in [0, 0.05) is 51.6 Å². The molecule has 3 rings (SSSR count). The van der Waals surface area contributed by atoms with E-state index in [1.165, 1.54) is 0 Å². The van der Waals surface area contributed by atoms with Crippen LogP contribution in [0, 0.1) is 6.92 Å². The number of benzene rings is 1. The first-order valence-corrected chi connectivity index (χ1v) is 10.1. The van der Waals surface area contributed by atoms with Gasteiger partial charge in [-0.3, -0.25) is 9.59 Å². The number of likely N-dealkylation sites (N-methyl/N-ethyl adjacent to an activating group) is 1. The third-order valence-corrected chi connectivity index (χ3v) is 5.17. The zero-order valence-electron chi connectivity index (χ0n) is 17.4. The number of nitrogens with zero attached hydrogens (tertiary/aromatic N) is 5. The lowest BCUT2D eigenvalue weighted by atomic mass is 10.1. The van der Waals surface area contributed by atoms with Gasteiger partial charge in [-0.05, 0) is 38.6 Å². The Labute approximate surface area is 171 Å². The molecule has 0 aliphatic carbocycles. The Morgan fingerprint density at radius 2 is 1.93 bits per heavy atom. The molecule has 0 spiro atoms. The van der Waals surface area contributed by atoms with Gasteiger partial charge in [-0.1, -0.05) is 23.4 Å². The van der Waals surface area contributed by atoms with Crippen molar-refractivity contribution in [3.05, 3.63) is 41.5 Å². The van der Waals surface area contributed by atoms with Gasteiger partial charge < -0.3 is 19.2 Å². The van der Waals surface area contributed by atoms with Gasteiger partial charge in [0.25, 0.3) is 0 Å². The lowest BCUT2D eigenvalue weighted by Crippen LogP contribution is -2.37. The molecule has 1 aromatic carbocycles. The van der Waals surface area contributed by atoms with Crippen LogP contribution in [0.25, 0.3) is 0 Å². The van der Waals surface area contributed by atoms with Gasteiger partial charge in [-0.25, -0.2) is 0 Å². The van der Waals surface area contributed by atoms with Crippen LogP contribution in [0.4, 0.5) is 5.69 Å². The number of rotatable bonds is 3. The van der Waals surface area contributed by atoms with E-state index in [0.717, 1.165) is 30.8 Å². The van der Waals surface area contributed by atoms with Crippen LogP contribution < -0.4 is 4.90 Å². The van der Waals surface area contributed by atoms with Crippen molar-refractivity contribution in [2.45, 2.75) is 39.7 Å². The maximum atomic E-state index is 13.0. The zero-order chi connectivity index (χ0) is 20.8. The molecule has 8 nitrogen and oxygen atoms in total. The van der Waals surface area contributed by atoms with Crippen molar-refractivity contribution in [2.24, 2.45) is 0 Å². The summed E-state index contributed by atoms with van der Waals surface area (Å²) in [5, 5.41) is 3.78. The third-order valence-electron chi connectivity index (χ3n) is 5.17. The molecule has 1 aliphatic heterocycles. The van der Waals surface area contributed by atoms with Crippen LogP contribution in [0.1, 0.15) is 37.0 Å². The standard InChI is InChI=1S/C21H29N5O3/c1-16-22-20(29-23-16)9-10-21(28)25-14-13-24(3)11-6-12-26(17(2)27)19-8-5-4-7-18(19)15-25/h4-5,7-8H,6,9-15H2,1-3H3. The Kier molecular flexibility index (Phi) is 6.98. The fourth-order valence-electron chi connectivity index (χ4n) is 3.57. The molecule has 0 radical (unpaired) electrons. The van der Waals surface area contributed by atoms with Crippen LogP contribution >= 0.6 is 0 Å². The minimum absolute atomic E-state index is 0.0176. The van der Waals surface area contributed by atoms with Gasteiger partial charge in [0.05, 0.1) is 0 Å². The smallest absolute Gasteiger partial charge is 0.227 e. The predicted octanol–water partition coefficient (Wildman–Crippen LogP) is 2.03. The zero-order valence-corrected chi connectivity index (χ0v) is 17.4. The second-order valence-electron chi connectivity index (χ2n) is 7.51. The first-order valence-electron chi connectivity index (χ1n) is 10.1. The van der Waals surface area contributed by atoms with Gasteiger partial charge in [-0.15, -0.1) is 0 Å². The van der Waals surface area contributed by atoms with Crippen LogP contribution in [0.5, 0.6) is 0 Å². The Morgan fingerprint density at radius 1 is 1.14 bits per heavy atom. The number of hydrogen-bond donors (Lipinski definition) is 0. The maximum absolute atomic E-state index is 13.0. The minimum atomic E-state index is 0.0176. The normalized spacial score (nSPS) is 16.2. The topological polar surface area (TPSA) is 82.8 Å². The van der Waals surface area contributed by atoms with Crippen molar-refractivity contribution in [1.29, 1.82) is 0 Å². The molecule has 1 aliphatic rings. The van der Waals surface area contributed by atoms with E-state index >= 15 is 0 Å². The molecule has 0 atom stereocenters. The summed E-state index contributed by atoms with van der Waals surface area (Å²) in [4.78, 5) is 35.3. The molecule has 0 saturated heterocycles. The lowest BCUT2D eigenvalue weighted by Gasteiger charge is -2.27. The Balaban J connectivity index is 1.81. The molecule has 0 saturated carbocycles. The van der Waals surface area contributed by atoms with Crippen LogP contribution in [-0.4, -0.2) is 65.0 Å². The molecule has 0 N–H and O–H groups in total. The summed E-state index contributed by atoms with van der Waals surface area (Å²) in [5.41, 5.74) is 1.86. The van der Waals surface area contributed by atoms with E-state index in [4.69, 9.17) is 4.52 Å². The van der Waals surface area contributed by atoms with E-state index in [0.29, 0.717) is 44.2 Å². The number of aryl methyl sites for hydroxylation is 2. The number of fused-ring (bicyclic) bond motifs is 1. The first kappa shape index (κ1) is 21.0. The van der Waals surface area contributed by atoms with E-state index < -0.39 is 0 Å². The highest BCUT2D eigenvalue weighted by Gasteiger charge is 2.21. The molecule has 0 bridgehead atoms. The second-order valence-corrected chi connectivity index (χ2v) is 7.51. The minimum Gasteiger partial charge on any atom is -0.339 e. The highest BCUT2D eigenvalue weighted by Crippen LogP contribution is 2.23. The van der Waals surface area contributed by atoms with Crippen molar-refractivity contribution in [3.63, 3.8) is 0 Å². The summed E-state index contributed by atoms with van der Waals surface area (Å²) < 4.78 is 5.13. The number of aromatic nitrogens is 2. The van der Waals surface area contributed by atoms with Gasteiger partial charge in [-0.2, -0.15) is 4.98 Å². The van der Waals surface area contributed by atoms with Gasteiger partial charge in [0.15, 0.2) is 5.82 Å². The summed E-state index contributed by atoms with van der Waals surface area (Å²) in [5.74, 6) is 1.11. The van der Waals surface area contributed by atoms with E-state index in [2.05, 4.69) is 15.0 Å². The summed E-state index contributed by atoms with van der Waals surface area (Å²) in [6.45, 7) is 6.78. The average molecular weight is 399 g/mol. The van der Waals surface area contributed by atoms with E-state index in [9.17, 15) is 9.59 Å². The predicted molar refractivity (Wildman–Crippen MR) is 109 cm³/mol. The van der Waals surface area contributed by atoms with E-state index in [-0.39, 0.29) is 11.8 Å². The average Bonchev–Trinajstić information content (AvgIpc) is 3.10.